The van der Waals surface area contributed by atoms with Gasteiger partial charge in [0.25, 0.3) is 5.69 Å². The van der Waals surface area contributed by atoms with Gasteiger partial charge in [0.2, 0.25) is 5.91 Å². The van der Waals surface area contributed by atoms with Gasteiger partial charge in [0, 0.05) is 39.2 Å². The molecule has 0 atom stereocenters. The van der Waals surface area contributed by atoms with E-state index < -0.39 is 17.4 Å². The predicted octanol–water partition coefficient (Wildman–Crippen LogP) is 2.15. The van der Waals surface area contributed by atoms with Crippen molar-refractivity contribution < 1.29 is 23.2 Å². The Morgan fingerprint density at radius 2 is 1.96 bits per heavy atom. The van der Waals surface area contributed by atoms with Crippen LogP contribution in [0, 0.1) is 10.1 Å². The normalized spacial score (nSPS) is 10.8. The number of hydrogen-bond donors (Lipinski definition) is 1. The summed E-state index contributed by atoms with van der Waals surface area (Å²) in [6.07, 6.45) is 0. The van der Waals surface area contributed by atoms with Gasteiger partial charge >= 0.3 is 6.61 Å². The highest BCUT2D eigenvalue weighted by molar-refractivity contribution is 5.92. The maximum Gasteiger partial charge on any atom is 0.387 e. The first-order valence-electron chi connectivity index (χ1n) is 7.02. The number of nitro benzene ring substituents is 1. The first kappa shape index (κ1) is 19.6. The number of nitrogens with one attached hydrogen (secondary N) is 1. The Bertz CT molecular complexity index is 611. The van der Waals surface area contributed by atoms with E-state index in [1.54, 1.807) is 11.9 Å². The highest BCUT2D eigenvalue weighted by Gasteiger charge is 2.23. The van der Waals surface area contributed by atoms with Gasteiger partial charge in [-0.15, -0.1) is 0 Å². The SMILES string of the molecule is CC(=O)Nc1cc([N+](=O)[O-])c(N(C)CCN(C)C)cc1OC(F)F. The number of nitro groups is 1. The minimum Gasteiger partial charge on any atom is -0.433 e. The molecule has 1 aromatic carbocycles. The summed E-state index contributed by atoms with van der Waals surface area (Å²) in [6, 6.07) is 2.14. The third kappa shape index (κ3) is 5.61. The summed E-state index contributed by atoms with van der Waals surface area (Å²) < 4.78 is 29.6. The standard InChI is InChI=1S/C14H20F2N4O4/c1-9(21)17-10-7-12(20(22)23)11(8-13(10)24-14(15)16)19(4)6-5-18(2)3/h7-8,14H,5-6H2,1-4H3,(H,17,21). The van der Waals surface area contributed by atoms with E-state index in [2.05, 4.69) is 10.1 Å². The summed E-state index contributed by atoms with van der Waals surface area (Å²) in [5.41, 5.74) is -0.382. The van der Waals surface area contributed by atoms with Crippen molar-refractivity contribution in [2.75, 3.05) is 44.4 Å². The Balaban J connectivity index is 3.33. The van der Waals surface area contributed by atoms with Crippen molar-refractivity contribution in [2.24, 2.45) is 0 Å². The molecule has 0 saturated heterocycles. The number of alkyl halides is 2. The molecule has 8 nitrogen and oxygen atoms in total. The van der Waals surface area contributed by atoms with E-state index in [0.29, 0.717) is 13.1 Å². The van der Waals surface area contributed by atoms with Crippen LogP contribution in [0.4, 0.5) is 25.8 Å². The van der Waals surface area contributed by atoms with E-state index in [1.165, 1.54) is 0 Å². The highest BCUT2D eigenvalue weighted by Crippen LogP contribution is 2.38. The lowest BCUT2D eigenvalue weighted by Gasteiger charge is -2.23. The molecule has 0 aromatic heterocycles. The minimum absolute atomic E-state index is 0.117. The van der Waals surface area contributed by atoms with Gasteiger partial charge in [-0.25, -0.2) is 0 Å². The van der Waals surface area contributed by atoms with Gasteiger partial charge in [0.05, 0.1) is 10.6 Å². The van der Waals surface area contributed by atoms with Crippen molar-refractivity contribution in [3.8, 4) is 5.75 Å². The maximum absolute atomic E-state index is 12.6. The van der Waals surface area contributed by atoms with E-state index in [9.17, 15) is 23.7 Å². The lowest BCUT2D eigenvalue weighted by molar-refractivity contribution is -0.384. The first-order chi connectivity index (χ1) is 11.1. The van der Waals surface area contributed by atoms with Gasteiger partial charge in [-0.05, 0) is 14.1 Å². The summed E-state index contributed by atoms with van der Waals surface area (Å²) in [6.45, 7) is -0.929. The fraction of sp³-hybridized carbons (Fsp3) is 0.500. The lowest BCUT2D eigenvalue weighted by atomic mass is 10.2. The van der Waals surface area contributed by atoms with Crippen LogP contribution in [0.25, 0.3) is 0 Å². The maximum atomic E-state index is 12.6. The molecule has 1 amide bonds. The molecular formula is C14H20F2N4O4. The number of amides is 1. The number of carbonyl (C=O) groups is 1. The number of ether oxygens (including phenoxy) is 1. The van der Waals surface area contributed by atoms with Gasteiger partial charge in [-0.1, -0.05) is 0 Å². The average molecular weight is 346 g/mol. The molecule has 0 aliphatic rings. The van der Waals surface area contributed by atoms with Crippen LogP contribution in [0.2, 0.25) is 0 Å². The summed E-state index contributed by atoms with van der Waals surface area (Å²) in [7, 11) is 5.29. The number of carbonyl (C=O) groups excluding carboxylic acids is 1. The quantitative estimate of drug-likeness (QED) is 0.573. The Hall–Kier alpha value is -2.49. The molecule has 0 spiro atoms. The number of anilines is 2. The van der Waals surface area contributed by atoms with Crippen LogP contribution in [0.3, 0.4) is 0 Å². The molecule has 1 rings (SSSR count). The van der Waals surface area contributed by atoms with E-state index in [1.807, 2.05) is 19.0 Å². The Kier molecular flexibility index (Phi) is 6.83. The number of nitrogens with zero attached hydrogens (tertiary/aromatic N) is 3. The van der Waals surface area contributed by atoms with Gasteiger partial charge in [-0.3, -0.25) is 14.9 Å². The van der Waals surface area contributed by atoms with Crippen molar-refractivity contribution in [3.05, 3.63) is 22.2 Å². The largest absolute Gasteiger partial charge is 0.433 e. The summed E-state index contributed by atoms with van der Waals surface area (Å²) in [5.74, 6) is -0.894. The molecule has 0 fully saturated rings. The molecule has 134 valence electrons. The Labute approximate surface area is 138 Å². The van der Waals surface area contributed by atoms with Crippen LogP contribution in [-0.4, -0.2) is 56.6 Å². The third-order valence-electron chi connectivity index (χ3n) is 3.09. The second kappa shape index (κ2) is 8.39. The van der Waals surface area contributed by atoms with E-state index >= 15 is 0 Å². The molecule has 24 heavy (non-hydrogen) atoms. The summed E-state index contributed by atoms with van der Waals surface area (Å²) in [4.78, 5) is 25.3. The van der Waals surface area contributed by atoms with Crippen LogP contribution >= 0.6 is 0 Å². The number of likely N-dealkylation sites (N-methyl/N-ethyl adjacent to an activating group) is 2. The molecular weight excluding hydrogens is 326 g/mol. The van der Waals surface area contributed by atoms with Crippen LogP contribution in [0.15, 0.2) is 12.1 Å². The summed E-state index contributed by atoms with van der Waals surface area (Å²) in [5, 5.41) is 13.6. The summed E-state index contributed by atoms with van der Waals surface area (Å²) >= 11 is 0. The lowest BCUT2D eigenvalue weighted by Crippen LogP contribution is -2.29. The molecule has 10 heteroatoms. The predicted molar refractivity (Wildman–Crippen MR) is 85.9 cm³/mol. The first-order valence-corrected chi connectivity index (χ1v) is 7.02. The number of benzene rings is 1. The molecule has 1 N–H and O–H groups in total. The third-order valence-corrected chi connectivity index (χ3v) is 3.09. The average Bonchev–Trinajstić information content (AvgIpc) is 2.44. The van der Waals surface area contributed by atoms with Crippen LogP contribution in [0.5, 0.6) is 5.75 Å². The zero-order valence-corrected chi connectivity index (χ0v) is 13.9. The van der Waals surface area contributed by atoms with Crippen LogP contribution in [0.1, 0.15) is 6.92 Å². The minimum atomic E-state index is -3.13. The van der Waals surface area contributed by atoms with Gasteiger partial charge in [0.1, 0.15) is 5.69 Å². The molecule has 0 aliphatic carbocycles. The monoisotopic (exact) mass is 346 g/mol. The number of rotatable bonds is 8. The molecule has 0 unspecified atom stereocenters. The highest BCUT2D eigenvalue weighted by atomic mass is 19.3. The second-order valence-corrected chi connectivity index (χ2v) is 5.38. The zero-order valence-electron chi connectivity index (χ0n) is 13.9. The van der Waals surface area contributed by atoms with Gasteiger partial charge in [-0.2, -0.15) is 8.78 Å². The molecule has 0 saturated carbocycles. The Morgan fingerprint density at radius 3 is 2.42 bits per heavy atom. The van der Waals surface area contributed by atoms with E-state index in [0.717, 1.165) is 19.1 Å². The number of halogens is 2. The van der Waals surface area contributed by atoms with E-state index in [4.69, 9.17) is 0 Å². The van der Waals surface area contributed by atoms with Crippen molar-refractivity contribution in [1.82, 2.24) is 4.90 Å². The topological polar surface area (TPSA) is 87.9 Å². The second-order valence-electron chi connectivity index (χ2n) is 5.38. The van der Waals surface area contributed by atoms with Crippen LogP contribution in [-0.2, 0) is 4.79 Å². The fourth-order valence-electron chi connectivity index (χ4n) is 1.96. The molecule has 0 radical (unpaired) electrons. The van der Waals surface area contributed by atoms with Crippen molar-refractivity contribution in [2.45, 2.75) is 13.5 Å². The molecule has 1 aromatic rings. The Morgan fingerprint density at radius 1 is 1.33 bits per heavy atom. The molecule has 0 heterocycles. The van der Waals surface area contributed by atoms with Crippen molar-refractivity contribution in [1.29, 1.82) is 0 Å². The smallest absolute Gasteiger partial charge is 0.387 e. The van der Waals surface area contributed by atoms with E-state index in [-0.39, 0.29) is 22.8 Å². The fourth-order valence-corrected chi connectivity index (χ4v) is 1.96. The number of hydrogen-bond acceptors (Lipinski definition) is 6. The van der Waals surface area contributed by atoms with Crippen molar-refractivity contribution >= 4 is 23.0 Å². The van der Waals surface area contributed by atoms with Gasteiger partial charge in [0.15, 0.2) is 5.75 Å². The molecule has 0 bridgehead atoms. The van der Waals surface area contributed by atoms with Gasteiger partial charge < -0.3 is 19.9 Å². The zero-order chi connectivity index (χ0) is 18.4. The van der Waals surface area contributed by atoms with Crippen LogP contribution < -0.4 is 15.0 Å². The molecule has 0 aliphatic heterocycles. The van der Waals surface area contributed by atoms with Crippen molar-refractivity contribution in [3.63, 3.8) is 0 Å².